The molecular weight excluding hydrogens is 386 g/mol. The van der Waals surface area contributed by atoms with Crippen LogP contribution >= 0.6 is 0 Å². The van der Waals surface area contributed by atoms with Crippen LogP contribution in [0.2, 0.25) is 0 Å². The first-order valence-corrected chi connectivity index (χ1v) is 12.0. The number of unbranched alkanes of at least 4 members (excludes halogenated alkanes) is 2. The van der Waals surface area contributed by atoms with Gasteiger partial charge in [-0.3, -0.25) is 4.90 Å². The molecule has 2 aromatic carbocycles. The largest absolute Gasteiger partial charge is 0.494 e. The summed E-state index contributed by atoms with van der Waals surface area (Å²) in [6.07, 6.45) is 4.95. The highest BCUT2D eigenvalue weighted by molar-refractivity contribution is 5.35. The standard InChI is InChI=1S/C27H39NO3/c1-3-5-16-27(29,24-12-14-25(15-13-24)31-19-6-4-2)26(23-10-8-7-9-11-23)22-28-17-20-30-21-18-28/h7-15,26,29H,3-6,16-22H2,1-2H3/t26-,27-/m0/s1. The first kappa shape index (κ1) is 23.8. The van der Waals surface area contributed by atoms with Crippen molar-refractivity contribution < 1.29 is 14.6 Å². The Bertz CT molecular complexity index is 743. The van der Waals surface area contributed by atoms with Crippen molar-refractivity contribution in [3.63, 3.8) is 0 Å². The number of aliphatic hydroxyl groups is 1. The van der Waals surface area contributed by atoms with Gasteiger partial charge in [0.05, 0.1) is 25.4 Å². The Labute approximate surface area is 188 Å². The number of hydrogen-bond donors (Lipinski definition) is 1. The SMILES string of the molecule is CCCCOc1ccc([C@@](O)(CCCC)[C@@H](CN2CCOCC2)c2ccccc2)cc1. The third-order valence-corrected chi connectivity index (χ3v) is 6.36. The third kappa shape index (κ3) is 6.55. The summed E-state index contributed by atoms with van der Waals surface area (Å²) in [5, 5.41) is 12.3. The molecule has 0 amide bonds. The molecule has 31 heavy (non-hydrogen) atoms. The summed E-state index contributed by atoms with van der Waals surface area (Å²) in [5.74, 6) is 0.865. The minimum Gasteiger partial charge on any atom is -0.494 e. The second-order valence-corrected chi connectivity index (χ2v) is 8.63. The maximum Gasteiger partial charge on any atom is 0.119 e. The average Bonchev–Trinajstić information content (AvgIpc) is 2.83. The molecule has 2 atom stereocenters. The molecule has 0 aromatic heterocycles. The number of ether oxygens (including phenoxy) is 2. The molecule has 1 aliphatic rings. The minimum atomic E-state index is -0.933. The summed E-state index contributed by atoms with van der Waals surface area (Å²) < 4.78 is 11.4. The first-order chi connectivity index (χ1) is 15.2. The molecule has 0 radical (unpaired) electrons. The summed E-state index contributed by atoms with van der Waals surface area (Å²) >= 11 is 0. The molecule has 0 saturated carbocycles. The van der Waals surface area contributed by atoms with E-state index in [1.54, 1.807) is 0 Å². The predicted molar refractivity (Wildman–Crippen MR) is 127 cm³/mol. The van der Waals surface area contributed by atoms with Crippen LogP contribution in [-0.4, -0.2) is 49.5 Å². The van der Waals surface area contributed by atoms with Gasteiger partial charge < -0.3 is 14.6 Å². The second-order valence-electron chi connectivity index (χ2n) is 8.63. The van der Waals surface area contributed by atoms with E-state index in [4.69, 9.17) is 9.47 Å². The highest BCUT2D eigenvalue weighted by Gasteiger charge is 2.40. The summed E-state index contributed by atoms with van der Waals surface area (Å²) in [5.41, 5.74) is 1.24. The Morgan fingerprint density at radius 2 is 1.65 bits per heavy atom. The van der Waals surface area contributed by atoms with Crippen molar-refractivity contribution >= 4 is 0 Å². The first-order valence-electron chi connectivity index (χ1n) is 12.0. The van der Waals surface area contributed by atoms with Crippen LogP contribution in [-0.2, 0) is 10.3 Å². The lowest BCUT2D eigenvalue weighted by molar-refractivity contribution is -0.0294. The van der Waals surface area contributed by atoms with Gasteiger partial charge >= 0.3 is 0 Å². The van der Waals surface area contributed by atoms with Crippen molar-refractivity contribution in [2.45, 2.75) is 57.5 Å². The maximum atomic E-state index is 12.3. The van der Waals surface area contributed by atoms with Crippen LogP contribution in [0.5, 0.6) is 5.75 Å². The fourth-order valence-electron chi connectivity index (χ4n) is 4.40. The smallest absolute Gasteiger partial charge is 0.119 e. The highest BCUT2D eigenvalue weighted by Crippen LogP contribution is 2.42. The van der Waals surface area contributed by atoms with Gasteiger partial charge in [-0.2, -0.15) is 0 Å². The lowest BCUT2D eigenvalue weighted by Crippen LogP contribution is -2.45. The molecule has 170 valence electrons. The quantitative estimate of drug-likeness (QED) is 0.465. The maximum absolute atomic E-state index is 12.3. The fraction of sp³-hybridized carbons (Fsp3) is 0.556. The van der Waals surface area contributed by atoms with E-state index >= 15 is 0 Å². The Hall–Kier alpha value is -1.88. The van der Waals surface area contributed by atoms with Gasteiger partial charge in [0.1, 0.15) is 5.75 Å². The molecule has 2 aromatic rings. The topological polar surface area (TPSA) is 41.9 Å². The van der Waals surface area contributed by atoms with Gasteiger partial charge in [-0.05, 0) is 36.1 Å². The number of nitrogens with zero attached hydrogens (tertiary/aromatic N) is 1. The van der Waals surface area contributed by atoms with Crippen LogP contribution in [0.3, 0.4) is 0 Å². The summed E-state index contributed by atoms with van der Waals surface area (Å²) in [7, 11) is 0. The average molecular weight is 426 g/mol. The van der Waals surface area contributed by atoms with E-state index in [1.807, 2.05) is 18.2 Å². The Balaban J connectivity index is 1.90. The van der Waals surface area contributed by atoms with Crippen LogP contribution in [0, 0.1) is 0 Å². The zero-order valence-corrected chi connectivity index (χ0v) is 19.3. The van der Waals surface area contributed by atoms with Crippen molar-refractivity contribution in [3.05, 3.63) is 65.7 Å². The highest BCUT2D eigenvalue weighted by atomic mass is 16.5. The molecule has 4 nitrogen and oxygen atoms in total. The number of morpholine rings is 1. The molecule has 4 heteroatoms. The Morgan fingerprint density at radius 1 is 0.968 bits per heavy atom. The molecule has 0 bridgehead atoms. The molecule has 1 saturated heterocycles. The zero-order chi connectivity index (χ0) is 21.9. The molecule has 3 rings (SSSR count). The Kier molecular flexibility index (Phi) is 9.38. The zero-order valence-electron chi connectivity index (χ0n) is 19.3. The van der Waals surface area contributed by atoms with E-state index in [9.17, 15) is 5.11 Å². The molecule has 1 fully saturated rings. The monoisotopic (exact) mass is 425 g/mol. The Morgan fingerprint density at radius 3 is 2.29 bits per heavy atom. The van der Waals surface area contributed by atoms with E-state index in [-0.39, 0.29) is 5.92 Å². The molecule has 1 N–H and O–H groups in total. The van der Waals surface area contributed by atoms with E-state index in [0.717, 1.165) is 82.9 Å². The molecule has 1 aliphatic heterocycles. The molecule has 1 heterocycles. The van der Waals surface area contributed by atoms with Gasteiger partial charge in [0, 0.05) is 25.6 Å². The van der Waals surface area contributed by atoms with Crippen LogP contribution in [0.1, 0.15) is 63.0 Å². The normalized spacial score (nSPS) is 17.8. The van der Waals surface area contributed by atoms with Gasteiger partial charge in [-0.15, -0.1) is 0 Å². The minimum absolute atomic E-state index is 0.00907. The third-order valence-electron chi connectivity index (χ3n) is 6.36. The van der Waals surface area contributed by atoms with Crippen molar-refractivity contribution in [2.24, 2.45) is 0 Å². The summed E-state index contributed by atoms with van der Waals surface area (Å²) in [4.78, 5) is 2.43. The lowest BCUT2D eigenvalue weighted by Gasteiger charge is -2.41. The van der Waals surface area contributed by atoms with Gasteiger partial charge in [-0.25, -0.2) is 0 Å². The fourth-order valence-corrected chi connectivity index (χ4v) is 4.40. The van der Waals surface area contributed by atoms with Crippen LogP contribution in [0.15, 0.2) is 54.6 Å². The number of benzene rings is 2. The summed E-state index contributed by atoms with van der Waals surface area (Å²) in [6, 6.07) is 18.7. The van der Waals surface area contributed by atoms with Crippen LogP contribution in [0.25, 0.3) is 0 Å². The van der Waals surface area contributed by atoms with E-state index in [1.165, 1.54) is 5.56 Å². The van der Waals surface area contributed by atoms with Crippen LogP contribution in [0.4, 0.5) is 0 Å². The van der Waals surface area contributed by atoms with Gasteiger partial charge in [0.2, 0.25) is 0 Å². The van der Waals surface area contributed by atoms with E-state index < -0.39 is 5.60 Å². The van der Waals surface area contributed by atoms with Crippen molar-refractivity contribution in [2.75, 3.05) is 39.5 Å². The molecule has 0 unspecified atom stereocenters. The molecule has 0 aliphatic carbocycles. The van der Waals surface area contributed by atoms with Crippen molar-refractivity contribution in [1.82, 2.24) is 4.90 Å². The number of rotatable bonds is 12. The van der Waals surface area contributed by atoms with Crippen LogP contribution < -0.4 is 4.74 Å². The summed E-state index contributed by atoms with van der Waals surface area (Å²) in [6.45, 7) is 9.26. The van der Waals surface area contributed by atoms with Gasteiger partial charge in [-0.1, -0.05) is 75.6 Å². The van der Waals surface area contributed by atoms with Crippen molar-refractivity contribution in [1.29, 1.82) is 0 Å². The molecule has 0 spiro atoms. The second kappa shape index (κ2) is 12.2. The van der Waals surface area contributed by atoms with Gasteiger partial charge in [0.25, 0.3) is 0 Å². The lowest BCUT2D eigenvalue weighted by atomic mass is 9.74. The van der Waals surface area contributed by atoms with E-state index in [0.29, 0.717) is 0 Å². The van der Waals surface area contributed by atoms with Gasteiger partial charge in [0.15, 0.2) is 0 Å². The molecular formula is C27H39NO3. The van der Waals surface area contributed by atoms with E-state index in [2.05, 4.69) is 55.1 Å². The van der Waals surface area contributed by atoms with Crippen molar-refractivity contribution in [3.8, 4) is 5.75 Å². The predicted octanol–water partition coefficient (Wildman–Crippen LogP) is 5.36. The number of hydrogen-bond acceptors (Lipinski definition) is 4.